The molecule has 128 valence electrons. The van der Waals surface area contributed by atoms with Crippen LogP contribution in [0.25, 0.3) is 0 Å². The van der Waals surface area contributed by atoms with E-state index in [9.17, 15) is 0 Å². The van der Waals surface area contributed by atoms with Gasteiger partial charge in [-0.2, -0.15) is 0 Å². The van der Waals surface area contributed by atoms with Crippen molar-refractivity contribution in [2.45, 2.75) is 66.3 Å². The molecule has 0 amide bonds. The van der Waals surface area contributed by atoms with Gasteiger partial charge >= 0.3 is 6.16 Å². The van der Waals surface area contributed by atoms with Crippen LogP contribution < -0.4 is 0 Å². The number of carbonyl (C=O) groups is 1. The van der Waals surface area contributed by atoms with Gasteiger partial charge in [0.1, 0.15) is 5.82 Å². The van der Waals surface area contributed by atoms with Crippen molar-refractivity contribution in [1.82, 2.24) is 9.55 Å². The van der Waals surface area contributed by atoms with E-state index in [-0.39, 0.29) is 0 Å². The Labute approximate surface area is 134 Å². The van der Waals surface area contributed by atoms with Crippen LogP contribution in [-0.4, -0.2) is 27.9 Å². The van der Waals surface area contributed by atoms with Crippen LogP contribution in [0.15, 0.2) is 12.4 Å². The van der Waals surface area contributed by atoms with E-state index < -0.39 is 6.16 Å². The van der Waals surface area contributed by atoms with E-state index in [1.807, 2.05) is 6.20 Å². The molecule has 0 spiro atoms. The highest BCUT2D eigenvalue weighted by atomic mass is 16.6. The summed E-state index contributed by atoms with van der Waals surface area (Å²) >= 11 is 0. The van der Waals surface area contributed by atoms with E-state index in [1.165, 1.54) is 31.5 Å². The van der Waals surface area contributed by atoms with Crippen LogP contribution >= 0.6 is 0 Å². The zero-order chi connectivity index (χ0) is 17.0. The van der Waals surface area contributed by atoms with Gasteiger partial charge in [-0.25, -0.2) is 9.78 Å². The van der Waals surface area contributed by atoms with Crippen LogP contribution in [0.3, 0.4) is 0 Å². The lowest BCUT2D eigenvalue weighted by Gasteiger charge is -2.17. The Hall–Kier alpha value is -1.52. The van der Waals surface area contributed by atoms with E-state index in [1.54, 1.807) is 0 Å². The van der Waals surface area contributed by atoms with Crippen molar-refractivity contribution in [3.05, 3.63) is 18.2 Å². The monoisotopic (exact) mass is 312 g/mol. The quantitative estimate of drug-likeness (QED) is 0.712. The molecule has 1 heterocycles. The molecule has 1 unspecified atom stereocenters. The molecule has 1 rings (SSSR count). The lowest BCUT2D eigenvalue weighted by molar-refractivity contribution is 0.114. The summed E-state index contributed by atoms with van der Waals surface area (Å²) in [5, 5.41) is 7.50. The van der Waals surface area contributed by atoms with Gasteiger partial charge in [0.2, 0.25) is 0 Å². The molecule has 0 saturated carbocycles. The number of hydrogen-bond acceptors (Lipinski definition) is 3. The van der Waals surface area contributed by atoms with Gasteiger partial charge in [-0.05, 0) is 18.3 Å². The minimum atomic E-state index is -1.25. The molecule has 0 fully saturated rings. The zero-order valence-corrected chi connectivity index (χ0v) is 14.7. The van der Waals surface area contributed by atoms with Crippen molar-refractivity contribution in [3.8, 4) is 0 Å². The summed E-state index contributed by atoms with van der Waals surface area (Å²) in [7, 11) is 1.10. The van der Waals surface area contributed by atoms with Crippen molar-refractivity contribution in [2.24, 2.45) is 11.8 Å². The Bertz CT molecular complexity index is 402. The maximum absolute atomic E-state index is 9.15. The summed E-state index contributed by atoms with van der Waals surface area (Å²) in [6, 6.07) is 0. The average Bonchev–Trinajstić information content (AvgIpc) is 2.90. The first kappa shape index (κ1) is 20.5. The van der Waals surface area contributed by atoms with Crippen LogP contribution in [0.5, 0.6) is 0 Å². The van der Waals surface area contributed by atoms with Crippen LogP contribution in [0.1, 0.15) is 59.2 Å². The number of unbranched alkanes of at least 4 members (excludes halogenated alkanes) is 1. The second kappa shape index (κ2) is 12.1. The van der Waals surface area contributed by atoms with E-state index in [0.29, 0.717) is 5.92 Å². The van der Waals surface area contributed by atoms with Gasteiger partial charge in [-0.3, -0.25) is 0 Å². The van der Waals surface area contributed by atoms with Crippen LogP contribution in [-0.2, 0) is 17.7 Å². The Balaban J connectivity index is 0.000000763. The molecule has 1 atom stereocenters. The Morgan fingerprint density at radius 1 is 1.41 bits per heavy atom. The number of carboxylic acid groups (broad SMARTS) is 1. The molecule has 1 aromatic heterocycles. The van der Waals surface area contributed by atoms with Crippen LogP contribution in [0.4, 0.5) is 4.79 Å². The molecule has 0 aliphatic heterocycles. The minimum absolute atomic E-state index is 0.687. The molecule has 5 heteroatoms. The molecule has 0 aliphatic carbocycles. The highest BCUT2D eigenvalue weighted by molar-refractivity contribution is 5.56. The molecule has 0 aromatic carbocycles. The van der Waals surface area contributed by atoms with E-state index in [0.717, 1.165) is 26.0 Å². The molecule has 0 aliphatic rings. The number of methoxy groups -OCH3 is 1. The molecule has 0 bridgehead atoms. The highest BCUT2D eigenvalue weighted by Gasteiger charge is 2.10. The normalized spacial score (nSPS) is 11.7. The number of nitrogens with zero attached hydrogens (tertiary/aromatic N) is 2. The summed E-state index contributed by atoms with van der Waals surface area (Å²) in [5.41, 5.74) is 0. The predicted octanol–water partition coefficient (Wildman–Crippen LogP) is 4.61. The lowest BCUT2D eigenvalue weighted by Crippen LogP contribution is -2.13. The van der Waals surface area contributed by atoms with E-state index in [4.69, 9.17) is 9.90 Å². The molecule has 1 aromatic rings. The SMILES string of the molecule is CCCCC(CC)Cn1ccnc1CC(C)C.COC(=O)O. The second-order valence-electron chi connectivity index (χ2n) is 5.98. The van der Waals surface area contributed by atoms with Crippen molar-refractivity contribution in [1.29, 1.82) is 0 Å². The van der Waals surface area contributed by atoms with Gasteiger partial charge in [0.15, 0.2) is 0 Å². The molecule has 5 nitrogen and oxygen atoms in total. The third-order valence-electron chi connectivity index (χ3n) is 3.57. The maximum Gasteiger partial charge on any atom is 0.505 e. The van der Waals surface area contributed by atoms with Crippen molar-refractivity contribution >= 4 is 6.16 Å². The fourth-order valence-electron chi connectivity index (χ4n) is 2.26. The largest absolute Gasteiger partial charge is 0.505 e. The topological polar surface area (TPSA) is 64.4 Å². The molecule has 0 saturated heterocycles. The summed E-state index contributed by atoms with van der Waals surface area (Å²) in [4.78, 5) is 13.6. The number of hydrogen-bond donors (Lipinski definition) is 1. The number of ether oxygens (including phenoxy) is 1. The lowest BCUT2D eigenvalue weighted by atomic mass is 9.99. The molecular weight excluding hydrogens is 280 g/mol. The third kappa shape index (κ3) is 9.42. The zero-order valence-electron chi connectivity index (χ0n) is 14.7. The van der Waals surface area contributed by atoms with Gasteiger partial charge in [-0.1, -0.05) is 47.0 Å². The molecule has 22 heavy (non-hydrogen) atoms. The van der Waals surface area contributed by atoms with Gasteiger partial charge in [0, 0.05) is 25.4 Å². The van der Waals surface area contributed by atoms with Crippen molar-refractivity contribution in [3.63, 3.8) is 0 Å². The highest BCUT2D eigenvalue weighted by Crippen LogP contribution is 2.17. The Kier molecular flexibility index (Phi) is 11.2. The summed E-state index contributed by atoms with van der Waals surface area (Å²) < 4.78 is 6.03. The number of aromatic nitrogens is 2. The van der Waals surface area contributed by atoms with E-state index in [2.05, 4.69) is 48.2 Å². The number of rotatable bonds is 8. The standard InChI is InChI=1S/C15H28N2.C2H4O3/c1-5-7-8-14(6-2)12-17-10-9-16-15(17)11-13(3)4;1-5-2(3)4/h9-10,13-14H,5-8,11-12H2,1-4H3;1H3,(H,3,4). The Morgan fingerprint density at radius 3 is 2.50 bits per heavy atom. The fourth-order valence-corrected chi connectivity index (χ4v) is 2.26. The first-order valence-corrected chi connectivity index (χ1v) is 8.21. The smallest absolute Gasteiger partial charge is 0.450 e. The predicted molar refractivity (Wildman–Crippen MR) is 89.1 cm³/mol. The van der Waals surface area contributed by atoms with Crippen LogP contribution in [0.2, 0.25) is 0 Å². The van der Waals surface area contributed by atoms with Gasteiger partial charge in [0.05, 0.1) is 7.11 Å². The average molecular weight is 312 g/mol. The number of imidazole rings is 1. The summed E-state index contributed by atoms with van der Waals surface area (Å²) in [5.74, 6) is 2.76. The van der Waals surface area contributed by atoms with Gasteiger partial charge in [-0.15, -0.1) is 0 Å². The van der Waals surface area contributed by atoms with E-state index >= 15 is 0 Å². The first-order valence-electron chi connectivity index (χ1n) is 8.21. The molecule has 0 radical (unpaired) electrons. The summed E-state index contributed by atoms with van der Waals surface area (Å²) in [6.07, 6.45) is 9.23. The van der Waals surface area contributed by atoms with Gasteiger partial charge < -0.3 is 14.4 Å². The van der Waals surface area contributed by atoms with Crippen LogP contribution in [0, 0.1) is 11.8 Å². The van der Waals surface area contributed by atoms with Gasteiger partial charge in [0.25, 0.3) is 0 Å². The van der Waals surface area contributed by atoms with Crippen molar-refractivity contribution < 1.29 is 14.6 Å². The second-order valence-corrected chi connectivity index (χ2v) is 5.98. The molecule has 1 N–H and O–H groups in total. The maximum atomic E-state index is 9.15. The fraction of sp³-hybridized carbons (Fsp3) is 0.765. The Morgan fingerprint density at radius 2 is 2.05 bits per heavy atom. The third-order valence-corrected chi connectivity index (χ3v) is 3.57. The minimum Gasteiger partial charge on any atom is -0.450 e. The first-order chi connectivity index (χ1) is 10.4. The molecular formula is C17H32N2O3. The summed E-state index contributed by atoms with van der Waals surface area (Å²) in [6.45, 7) is 10.2. The van der Waals surface area contributed by atoms with Crippen molar-refractivity contribution in [2.75, 3.05) is 7.11 Å².